The normalized spacial score (nSPS) is 35.9. The maximum atomic E-state index is 13.3. The number of hydrogen-bond acceptors (Lipinski definition) is 7. The van der Waals surface area contributed by atoms with Gasteiger partial charge in [0, 0.05) is 41.2 Å². The maximum Gasteiger partial charge on any atom is 0.353 e. The van der Waals surface area contributed by atoms with Crippen molar-refractivity contribution in [1.82, 2.24) is 25.8 Å². The van der Waals surface area contributed by atoms with Gasteiger partial charge in [-0.25, -0.2) is 4.79 Å². The van der Waals surface area contributed by atoms with Crippen LogP contribution in [-0.2, 0) is 19.2 Å². The van der Waals surface area contributed by atoms with Gasteiger partial charge in [0.2, 0.25) is 11.8 Å². The fraction of sp³-hybridized carbons (Fsp3) is 0.750. The van der Waals surface area contributed by atoms with Crippen LogP contribution >= 0.6 is 11.8 Å². The lowest BCUT2D eigenvalue weighted by molar-refractivity contribution is -0.159. The predicted molar refractivity (Wildman–Crippen MR) is 130 cm³/mol. The fourth-order valence-electron chi connectivity index (χ4n) is 6.79. The molecular formula is C24H33F2N5O5S. The lowest BCUT2D eigenvalue weighted by atomic mass is 9.78. The SMILES string of the molecule is CC(NC(=O)C(F)F)[C@H]1C(=O)N2C(C(=O)O)=C(S[C@@H]3CN[C@H](C(=O)N4CCC5CNCCC54)C3)[C@H](C)[C@H]12. The van der Waals surface area contributed by atoms with Crippen molar-refractivity contribution in [3.8, 4) is 0 Å². The highest BCUT2D eigenvalue weighted by Gasteiger charge is 2.60. The van der Waals surface area contributed by atoms with Crippen LogP contribution in [0.3, 0.4) is 0 Å². The number of β-lactam (4-membered cyclic amide) rings is 1. The number of alkyl halides is 2. The molecule has 204 valence electrons. The minimum absolute atomic E-state index is 0.0459. The average molecular weight is 542 g/mol. The second-order valence-corrected chi connectivity index (χ2v) is 12.0. The molecule has 5 heterocycles. The number of carbonyl (C=O) groups is 4. The Kier molecular flexibility index (Phi) is 7.22. The Morgan fingerprint density at radius 2 is 1.97 bits per heavy atom. The number of fused-ring (bicyclic) bond motifs is 2. The van der Waals surface area contributed by atoms with Crippen LogP contribution in [0.5, 0.6) is 0 Å². The van der Waals surface area contributed by atoms with Gasteiger partial charge in [-0.15, -0.1) is 11.8 Å². The van der Waals surface area contributed by atoms with Gasteiger partial charge >= 0.3 is 12.4 Å². The number of halogens is 2. The van der Waals surface area contributed by atoms with Gasteiger partial charge < -0.3 is 30.9 Å². The van der Waals surface area contributed by atoms with Crippen LogP contribution in [-0.4, -0.2) is 101 Å². The van der Waals surface area contributed by atoms with Gasteiger partial charge in [0.15, 0.2) is 0 Å². The molecule has 0 aromatic heterocycles. The smallest absolute Gasteiger partial charge is 0.353 e. The van der Waals surface area contributed by atoms with Crippen molar-refractivity contribution in [1.29, 1.82) is 0 Å². The Bertz CT molecular complexity index is 1030. The number of nitrogens with one attached hydrogen (secondary N) is 3. The zero-order valence-electron chi connectivity index (χ0n) is 20.8. The lowest BCUT2D eigenvalue weighted by Gasteiger charge is -2.47. The van der Waals surface area contributed by atoms with Gasteiger partial charge in [0.1, 0.15) is 5.70 Å². The van der Waals surface area contributed by atoms with Crippen molar-refractivity contribution in [2.45, 2.75) is 69.0 Å². The molecular weight excluding hydrogens is 508 g/mol. The predicted octanol–water partition coefficient (Wildman–Crippen LogP) is 0.203. The Hall–Kier alpha value is -2.25. The number of hydrogen-bond donors (Lipinski definition) is 4. The molecule has 0 saturated carbocycles. The van der Waals surface area contributed by atoms with Crippen molar-refractivity contribution in [3.05, 3.63) is 10.6 Å². The first-order chi connectivity index (χ1) is 17.6. The first-order valence-electron chi connectivity index (χ1n) is 12.9. The number of carboxylic acid groups (broad SMARTS) is 1. The Morgan fingerprint density at radius 3 is 2.68 bits per heavy atom. The Labute approximate surface area is 217 Å². The third kappa shape index (κ3) is 4.52. The van der Waals surface area contributed by atoms with Crippen molar-refractivity contribution in [2.24, 2.45) is 17.8 Å². The van der Waals surface area contributed by atoms with E-state index in [1.54, 1.807) is 0 Å². The molecule has 3 amide bonds. The van der Waals surface area contributed by atoms with E-state index in [9.17, 15) is 33.1 Å². The second-order valence-electron chi connectivity index (χ2n) is 10.7. The number of carbonyl (C=O) groups excluding carboxylic acids is 3. The van der Waals surface area contributed by atoms with Crippen molar-refractivity contribution < 1.29 is 33.1 Å². The van der Waals surface area contributed by atoms with Gasteiger partial charge in [0.25, 0.3) is 5.91 Å². The number of amides is 3. The van der Waals surface area contributed by atoms with Crippen LogP contribution in [0.15, 0.2) is 10.6 Å². The molecule has 5 aliphatic heterocycles. The molecule has 4 saturated heterocycles. The minimum atomic E-state index is -3.19. The number of nitrogens with zero attached hydrogens (tertiary/aromatic N) is 2. The van der Waals surface area contributed by atoms with Gasteiger partial charge in [-0.3, -0.25) is 14.4 Å². The first-order valence-corrected chi connectivity index (χ1v) is 13.8. The Balaban J connectivity index is 1.25. The third-order valence-corrected chi connectivity index (χ3v) is 10.1. The summed E-state index contributed by atoms with van der Waals surface area (Å²) in [5, 5.41) is 18.8. The number of aliphatic carboxylic acids is 1. The number of carboxylic acids is 1. The summed E-state index contributed by atoms with van der Waals surface area (Å²) in [6.45, 7) is 6.46. The second kappa shape index (κ2) is 10.1. The number of rotatable bonds is 7. The van der Waals surface area contributed by atoms with Gasteiger partial charge in [0.05, 0.1) is 18.0 Å². The quantitative estimate of drug-likeness (QED) is 0.337. The zero-order chi connectivity index (χ0) is 26.6. The molecule has 0 aliphatic carbocycles. The monoisotopic (exact) mass is 541 g/mol. The van der Waals surface area contributed by atoms with Crippen LogP contribution in [0.2, 0.25) is 0 Å². The van der Waals surface area contributed by atoms with Crippen molar-refractivity contribution in [2.75, 3.05) is 26.2 Å². The van der Waals surface area contributed by atoms with E-state index in [2.05, 4.69) is 16.0 Å². The van der Waals surface area contributed by atoms with Gasteiger partial charge in [-0.2, -0.15) is 8.78 Å². The van der Waals surface area contributed by atoms with E-state index in [1.165, 1.54) is 23.6 Å². The molecule has 0 aromatic rings. The van der Waals surface area contributed by atoms with E-state index in [0.29, 0.717) is 23.8 Å². The van der Waals surface area contributed by atoms with Crippen molar-refractivity contribution in [3.63, 3.8) is 0 Å². The van der Waals surface area contributed by atoms with E-state index in [-0.39, 0.29) is 34.9 Å². The highest BCUT2D eigenvalue weighted by Crippen LogP contribution is 2.52. The molecule has 0 aromatic carbocycles. The third-order valence-electron chi connectivity index (χ3n) is 8.57. The average Bonchev–Trinajstić information content (AvgIpc) is 3.55. The number of likely N-dealkylation sites (tertiary alicyclic amines) is 1. The van der Waals surface area contributed by atoms with E-state index in [1.807, 2.05) is 11.8 Å². The minimum Gasteiger partial charge on any atom is -0.477 e. The summed E-state index contributed by atoms with van der Waals surface area (Å²) in [5.41, 5.74) is -0.0806. The summed E-state index contributed by atoms with van der Waals surface area (Å²) in [5.74, 6) is -3.69. The van der Waals surface area contributed by atoms with E-state index >= 15 is 0 Å². The molecule has 4 N–H and O–H groups in total. The standard InChI is InChI=1S/C24H33F2N5O5S/c1-10-17-16(11(2)29-21(32)20(25)26)23(34)31(17)18(24(35)36)19(10)37-13-7-14(28-9-13)22(33)30-6-4-12-8-27-5-3-15(12)30/h10-17,20,27-28H,3-9H2,1-2H3,(H,29,32)(H,35,36)/t10-,11?,12?,13+,14+,15?,16-,17-/m1/s1. The summed E-state index contributed by atoms with van der Waals surface area (Å²) >= 11 is 1.38. The molecule has 3 unspecified atom stereocenters. The topological polar surface area (TPSA) is 131 Å². The van der Waals surface area contributed by atoms with Crippen LogP contribution in [0, 0.1) is 17.8 Å². The number of thioether (sulfide) groups is 1. The molecule has 13 heteroatoms. The highest BCUT2D eigenvalue weighted by atomic mass is 32.2. The van der Waals surface area contributed by atoms with Gasteiger partial charge in [-0.1, -0.05) is 6.92 Å². The molecule has 10 nitrogen and oxygen atoms in total. The van der Waals surface area contributed by atoms with E-state index in [4.69, 9.17) is 0 Å². The maximum absolute atomic E-state index is 13.3. The molecule has 5 rings (SSSR count). The summed E-state index contributed by atoms with van der Waals surface area (Å²) in [6, 6.07) is -1.43. The van der Waals surface area contributed by atoms with Crippen LogP contribution in [0.4, 0.5) is 8.78 Å². The molecule has 37 heavy (non-hydrogen) atoms. The van der Waals surface area contributed by atoms with E-state index < -0.39 is 42.2 Å². The zero-order valence-corrected chi connectivity index (χ0v) is 21.6. The summed E-state index contributed by atoms with van der Waals surface area (Å²) < 4.78 is 25.4. The molecule has 0 radical (unpaired) electrons. The largest absolute Gasteiger partial charge is 0.477 e. The van der Waals surface area contributed by atoms with Crippen molar-refractivity contribution >= 4 is 35.5 Å². The summed E-state index contributed by atoms with van der Waals surface area (Å²) in [6.07, 6.45) is -0.679. The van der Waals surface area contributed by atoms with Crippen LogP contribution in [0.1, 0.15) is 33.1 Å². The highest BCUT2D eigenvalue weighted by molar-refractivity contribution is 8.03. The number of piperidine rings is 1. The molecule has 8 atom stereocenters. The molecule has 5 aliphatic rings. The molecule has 0 spiro atoms. The summed E-state index contributed by atoms with van der Waals surface area (Å²) in [4.78, 5) is 53.7. The molecule has 0 bridgehead atoms. The van der Waals surface area contributed by atoms with Crippen LogP contribution in [0.25, 0.3) is 0 Å². The van der Waals surface area contributed by atoms with Gasteiger partial charge in [-0.05, 0) is 45.2 Å². The fourth-order valence-corrected chi connectivity index (χ4v) is 8.27. The first kappa shape index (κ1) is 26.4. The van der Waals surface area contributed by atoms with E-state index in [0.717, 1.165) is 32.5 Å². The Morgan fingerprint density at radius 1 is 1.22 bits per heavy atom. The summed E-state index contributed by atoms with van der Waals surface area (Å²) in [7, 11) is 0. The lowest BCUT2D eigenvalue weighted by Crippen LogP contribution is -2.66. The molecule has 4 fully saturated rings. The van der Waals surface area contributed by atoms with Crippen LogP contribution < -0.4 is 16.0 Å².